The van der Waals surface area contributed by atoms with E-state index in [0.29, 0.717) is 5.82 Å². The zero-order chi connectivity index (χ0) is 23.8. The number of nitrogens with one attached hydrogen (secondary N) is 1. The lowest BCUT2D eigenvalue weighted by Gasteiger charge is -2.29. The van der Waals surface area contributed by atoms with Crippen molar-refractivity contribution in [1.82, 2.24) is 24.8 Å². The molecule has 1 aromatic carbocycles. The summed E-state index contributed by atoms with van der Waals surface area (Å²) in [6.45, 7) is 17.0. The summed E-state index contributed by atoms with van der Waals surface area (Å²) in [5.41, 5.74) is 14.3. The Hall–Kier alpha value is -4.32. The zero-order valence-corrected chi connectivity index (χ0v) is 19.2. The van der Waals surface area contributed by atoms with Gasteiger partial charge >= 0.3 is 0 Å². The first-order chi connectivity index (χ1) is 16.5. The molecule has 1 fully saturated rings. The number of hydrogen-bond acceptors (Lipinski definition) is 5. The molecule has 0 radical (unpaired) electrons. The lowest BCUT2D eigenvalue weighted by atomic mass is 9.95. The fourth-order valence-electron chi connectivity index (χ4n) is 4.74. The van der Waals surface area contributed by atoms with Gasteiger partial charge in [0.05, 0.1) is 11.4 Å². The number of anilines is 1. The number of nitrogens with two attached hydrogens (primary N) is 1. The van der Waals surface area contributed by atoms with Gasteiger partial charge in [0, 0.05) is 47.2 Å². The topological polar surface area (TPSA) is 72.0 Å². The van der Waals surface area contributed by atoms with E-state index in [1.54, 1.807) is 12.2 Å². The number of aromatic nitrogens is 3. The van der Waals surface area contributed by atoms with Gasteiger partial charge in [0.25, 0.3) is 0 Å². The van der Waals surface area contributed by atoms with Crippen LogP contribution in [0, 0.1) is 0 Å². The third-order valence-electron chi connectivity index (χ3n) is 6.54. The van der Waals surface area contributed by atoms with E-state index in [1.807, 2.05) is 17.2 Å². The van der Waals surface area contributed by atoms with E-state index in [-0.39, 0.29) is 6.04 Å². The Morgan fingerprint density at radius 3 is 2.76 bits per heavy atom. The van der Waals surface area contributed by atoms with Crippen molar-refractivity contribution >= 4 is 28.6 Å². The highest BCUT2D eigenvalue weighted by atomic mass is 15.1. The Bertz CT molecular complexity index is 1390. The first kappa shape index (κ1) is 21.5. The first-order valence-corrected chi connectivity index (χ1v) is 11.3. The second-order valence-electron chi connectivity index (χ2n) is 8.55. The van der Waals surface area contributed by atoms with Gasteiger partial charge in [-0.3, -0.25) is 0 Å². The number of hydrogen-bond donors (Lipinski definition) is 2. The number of nitrogens with zero attached hydrogens (tertiary/aromatic N) is 4. The van der Waals surface area contributed by atoms with Crippen LogP contribution < -0.4 is 11.1 Å². The molecule has 0 saturated carbocycles. The Labute approximate surface area is 199 Å². The molecule has 3 N–H and O–H groups in total. The second kappa shape index (κ2) is 8.56. The van der Waals surface area contributed by atoms with Crippen LogP contribution in [0.5, 0.6) is 0 Å². The lowest BCUT2D eigenvalue weighted by Crippen LogP contribution is -2.29. The van der Waals surface area contributed by atoms with Crippen LogP contribution in [0.15, 0.2) is 92.9 Å². The third kappa shape index (κ3) is 3.53. The van der Waals surface area contributed by atoms with Crippen LogP contribution in [0.1, 0.15) is 30.0 Å². The van der Waals surface area contributed by atoms with Crippen molar-refractivity contribution in [3.63, 3.8) is 0 Å². The molecule has 1 atom stereocenters. The molecule has 1 unspecified atom stereocenters. The summed E-state index contributed by atoms with van der Waals surface area (Å²) in [5.74, 6) is 0.479. The summed E-state index contributed by atoms with van der Waals surface area (Å²) in [5, 5.41) is 4.28. The van der Waals surface area contributed by atoms with Crippen LogP contribution in [0.3, 0.4) is 0 Å². The molecule has 0 amide bonds. The van der Waals surface area contributed by atoms with Crippen LogP contribution in [-0.4, -0.2) is 26.0 Å². The van der Waals surface area contributed by atoms with E-state index in [0.717, 1.165) is 69.8 Å². The fraction of sp³-hybridized carbons (Fsp3) is 0.143. The maximum absolute atomic E-state index is 6.38. The Balaban J connectivity index is 1.62. The van der Waals surface area contributed by atoms with Gasteiger partial charge < -0.3 is 20.5 Å². The quantitative estimate of drug-likeness (QED) is 0.495. The number of allylic oxidation sites excluding steroid dienone is 4. The van der Waals surface area contributed by atoms with Crippen LogP contribution >= 0.6 is 0 Å². The minimum Gasteiger partial charge on any atom is -0.387 e. The second-order valence-corrected chi connectivity index (χ2v) is 8.55. The molecule has 5 rings (SSSR count). The molecule has 0 spiro atoms. The Morgan fingerprint density at radius 2 is 2.03 bits per heavy atom. The van der Waals surface area contributed by atoms with E-state index >= 15 is 0 Å². The van der Waals surface area contributed by atoms with E-state index in [2.05, 4.69) is 76.6 Å². The normalized spacial score (nSPS) is 18.1. The molecule has 2 aliphatic heterocycles. The van der Waals surface area contributed by atoms with Gasteiger partial charge in [-0.15, -0.1) is 0 Å². The monoisotopic (exact) mass is 448 g/mol. The summed E-state index contributed by atoms with van der Waals surface area (Å²) in [6.07, 6.45) is 15.2. The van der Waals surface area contributed by atoms with E-state index in [9.17, 15) is 0 Å². The van der Waals surface area contributed by atoms with Crippen molar-refractivity contribution in [1.29, 1.82) is 0 Å². The van der Waals surface area contributed by atoms with Crippen molar-refractivity contribution in [2.24, 2.45) is 0 Å². The van der Waals surface area contributed by atoms with Crippen molar-refractivity contribution in [3.8, 4) is 11.1 Å². The molecule has 0 bridgehead atoms. The van der Waals surface area contributed by atoms with Gasteiger partial charge in [0.2, 0.25) is 0 Å². The lowest BCUT2D eigenvalue weighted by molar-refractivity contribution is 0.414. The van der Waals surface area contributed by atoms with Gasteiger partial charge in [-0.05, 0) is 48.3 Å². The summed E-state index contributed by atoms with van der Waals surface area (Å²) in [4.78, 5) is 10.9. The van der Waals surface area contributed by atoms with Gasteiger partial charge in [-0.2, -0.15) is 0 Å². The molecular formula is C28H28N6. The van der Waals surface area contributed by atoms with Crippen molar-refractivity contribution < 1.29 is 0 Å². The van der Waals surface area contributed by atoms with Crippen LogP contribution in [0.4, 0.5) is 5.82 Å². The van der Waals surface area contributed by atoms with Crippen molar-refractivity contribution in [2.45, 2.75) is 18.9 Å². The molecule has 1 saturated heterocycles. The molecule has 2 aromatic heterocycles. The largest absolute Gasteiger partial charge is 0.387 e. The molecule has 6 nitrogen and oxygen atoms in total. The number of nitrogen functional groups attached to an aromatic ring is 1. The predicted octanol–water partition coefficient (Wildman–Crippen LogP) is 5.63. The fourth-order valence-corrected chi connectivity index (χ4v) is 4.74. The molecule has 4 heterocycles. The summed E-state index contributed by atoms with van der Waals surface area (Å²) in [6, 6.07) is 6.66. The highest BCUT2D eigenvalue weighted by Crippen LogP contribution is 2.39. The van der Waals surface area contributed by atoms with Gasteiger partial charge in [0.1, 0.15) is 17.8 Å². The summed E-state index contributed by atoms with van der Waals surface area (Å²) in [7, 11) is 0. The van der Waals surface area contributed by atoms with Crippen LogP contribution in [0.2, 0.25) is 0 Å². The number of fused-ring (bicyclic) bond motifs is 2. The van der Waals surface area contributed by atoms with Crippen molar-refractivity contribution in [3.05, 3.63) is 104 Å². The predicted molar refractivity (Wildman–Crippen MR) is 141 cm³/mol. The van der Waals surface area contributed by atoms with E-state index in [1.165, 1.54) is 6.33 Å². The Morgan fingerprint density at radius 1 is 1.18 bits per heavy atom. The molecule has 0 aliphatic carbocycles. The third-order valence-corrected chi connectivity index (χ3v) is 6.54. The first-order valence-electron chi connectivity index (χ1n) is 11.3. The number of rotatable bonds is 5. The van der Waals surface area contributed by atoms with E-state index in [4.69, 9.17) is 5.73 Å². The number of piperidine rings is 1. The molecule has 34 heavy (non-hydrogen) atoms. The van der Waals surface area contributed by atoms with Gasteiger partial charge in [-0.1, -0.05) is 44.5 Å². The maximum atomic E-state index is 6.38. The van der Waals surface area contributed by atoms with Gasteiger partial charge in [0.15, 0.2) is 0 Å². The average Bonchev–Trinajstić information content (AvgIpc) is 3.24. The minimum atomic E-state index is 0.265. The number of benzene rings is 1. The van der Waals surface area contributed by atoms with Crippen molar-refractivity contribution in [2.75, 3.05) is 12.3 Å². The average molecular weight is 449 g/mol. The van der Waals surface area contributed by atoms with Crippen LogP contribution in [-0.2, 0) is 0 Å². The minimum absolute atomic E-state index is 0.265. The molecule has 6 heteroatoms. The van der Waals surface area contributed by atoms with Gasteiger partial charge in [-0.25, -0.2) is 9.97 Å². The maximum Gasteiger partial charge on any atom is 0.146 e. The standard InChI is InChI=1S/C28H28N6/c1-5-7-22(6-2)33-13-12-20-9-10-21(14-24(20)19(33)4)25-16-34(23-11-8-18(3)30-15-23)28-26(25)27(29)31-17-32-28/h5-7,9-10,12-14,16-17,23,30H,1-4,8,11,15H2,(H2,29,31,32)/b22-7+. The molecule has 2 aliphatic rings. The Kier molecular flexibility index (Phi) is 5.42. The van der Waals surface area contributed by atoms with E-state index < -0.39 is 0 Å². The SMILES string of the molecule is C=C/C=C(\C=C)N1C=Cc2ccc(-c3cn(C4CCC(=C)NC4)c4ncnc(N)c34)cc2C1=C. The smallest absolute Gasteiger partial charge is 0.146 e. The summed E-state index contributed by atoms with van der Waals surface area (Å²) < 4.78 is 2.23. The highest BCUT2D eigenvalue weighted by molar-refractivity contribution is 6.01. The molecule has 170 valence electrons. The highest BCUT2D eigenvalue weighted by Gasteiger charge is 2.24. The zero-order valence-electron chi connectivity index (χ0n) is 19.2. The molecule has 3 aromatic rings. The summed E-state index contributed by atoms with van der Waals surface area (Å²) >= 11 is 0. The molecular weight excluding hydrogens is 420 g/mol. The van der Waals surface area contributed by atoms with Crippen LogP contribution in [0.25, 0.3) is 33.9 Å².